The van der Waals surface area contributed by atoms with E-state index in [1.807, 2.05) is 26.8 Å². The molecule has 0 unspecified atom stereocenters. The number of aromatic nitrogens is 2. The zero-order valence-electron chi connectivity index (χ0n) is 11.7. The van der Waals surface area contributed by atoms with Gasteiger partial charge in [0.15, 0.2) is 5.03 Å². The Kier molecular flexibility index (Phi) is 3.71. The Hall–Kier alpha value is -2.02. The van der Waals surface area contributed by atoms with Crippen LogP contribution in [0.15, 0.2) is 29.7 Å². The van der Waals surface area contributed by atoms with Crippen molar-refractivity contribution in [1.82, 2.24) is 9.55 Å². The summed E-state index contributed by atoms with van der Waals surface area (Å²) in [7, 11) is -3.73. The molecule has 0 atom stereocenters. The van der Waals surface area contributed by atoms with Crippen LogP contribution in [0.25, 0.3) is 0 Å². The van der Waals surface area contributed by atoms with Crippen LogP contribution in [0.2, 0.25) is 0 Å². The van der Waals surface area contributed by atoms with E-state index in [0.29, 0.717) is 17.9 Å². The summed E-state index contributed by atoms with van der Waals surface area (Å²) in [5.74, 6) is 0. The second kappa shape index (κ2) is 5.16. The maximum atomic E-state index is 12.3. The fourth-order valence-electron chi connectivity index (χ4n) is 1.81. The summed E-state index contributed by atoms with van der Waals surface area (Å²) in [5.41, 5.74) is 8.44. The number of rotatable bonds is 4. The smallest absolute Gasteiger partial charge is 0.281 e. The lowest BCUT2D eigenvalue weighted by molar-refractivity contribution is 0.598. The zero-order valence-corrected chi connectivity index (χ0v) is 12.5. The molecule has 1 heterocycles. The summed E-state index contributed by atoms with van der Waals surface area (Å²) >= 11 is 0. The van der Waals surface area contributed by atoms with E-state index in [1.54, 1.807) is 10.6 Å². The van der Waals surface area contributed by atoms with E-state index >= 15 is 0 Å². The topological polar surface area (TPSA) is 90.0 Å². The van der Waals surface area contributed by atoms with E-state index < -0.39 is 10.0 Å². The van der Waals surface area contributed by atoms with Crippen LogP contribution >= 0.6 is 0 Å². The minimum absolute atomic E-state index is 0.0142. The molecule has 0 amide bonds. The van der Waals surface area contributed by atoms with Crippen LogP contribution in [-0.2, 0) is 16.6 Å². The molecule has 7 heteroatoms. The summed E-state index contributed by atoms with van der Waals surface area (Å²) in [6.07, 6.45) is 2.98. The highest BCUT2D eigenvalue weighted by atomic mass is 32.2. The molecule has 108 valence electrons. The van der Waals surface area contributed by atoms with Gasteiger partial charge in [0, 0.05) is 12.7 Å². The van der Waals surface area contributed by atoms with Crippen LogP contribution in [0, 0.1) is 13.8 Å². The molecule has 2 rings (SSSR count). The first-order chi connectivity index (χ1) is 9.35. The van der Waals surface area contributed by atoms with Gasteiger partial charge in [0.1, 0.15) is 0 Å². The van der Waals surface area contributed by atoms with Gasteiger partial charge in [-0.25, -0.2) is 4.98 Å². The Labute approximate surface area is 118 Å². The molecule has 0 saturated heterocycles. The number of imidazole rings is 1. The third kappa shape index (κ3) is 2.62. The van der Waals surface area contributed by atoms with Gasteiger partial charge in [-0.15, -0.1) is 0 Å². The Balaban J connectivity index is 2.41. The summed E-state index contributed by atoms with van der Waals surface area (Å²) in [5, 5.41) is -0.0142. The molecular weight excluding hydrogens is 276 g/mol. The number of sulfonamides is 1. The molecule has 2 aromatic rings. The Morgan fingerprint density at radius 1 is 1.35 bits per heavy atom. The van der Waals surface area contributed by atoms with Crippen molar-refractivity contribution in [1.29, 1.82) is 0 Å². The van der Waals surface area contributed by atoms with Gasteiger partial charge in [-0.1, -0.05) is 6.07 Å². The van der Waals surface area contributed by atoms with Gasteiger partial charge in [0.25, 0.3) is 10.0 Å². The summed E-state index contributed by atoms with van der Waals surface area (Å²) in [6, 6.07) is 3.54. The summed E-state index contributed by atoms with van der Waals surface area (Å²) in [6.45, 7) is 6.30. The molecule has 0 aliphatic rings. The molecule has 0 radical (unpaired) electrons. The fraction of sp³-hybridized carbons (Fsp3) is 0.308. The molecular formula is C13H18N4O2S. The normalized spacial score (nSPS) is 11.6. The molecule has 0 bridgehead atoms. The van der Waals surface area contributed by atoms with Gasteiger partial charge in [0.05, 0.1) is 17.7 Å². The van der Waals surface area contributed by atoms with Gasteiger partial charge >= 0.3 is 0 Å². The van der Waals surface area contributed by atoms with Gasteiger partial charge in [-0.2, -0.15) is 8.42 Å². The maximum absolute atomic E-state index is 12.3. The average Bonchev–Trinajstić information content (AvgIpc) is 2.89. The quantitative estimate of drug-likeness (QED) is 0.843. The molecule has 6 nitrogen and oxygen atoms in total. The van der Waals surface area contributed by atoms with Gasteiger partial charge < -0.3 is 10.3 Å². The third-order valence-electron chi connectivity index (χ3n) is 3.25. The number of nitrogens with two attached hydrogens (primary N) is 1. The monoisotopic (exact) mass is 294 g/mol. The SMILES string of the molecule is CCn1cnc(S(=O)(=O)Nc2c(N)ccc(C)c2C)c1. The molecule has 1 aromatic carbocycles. The van der Waals surface area contributed by atoms with Crippen LogP contribution < -0.4 is 10.5 Å². The van der Waals surface area contributed by atoms with Crippen molar-refractivity contribution >= 4 is 21.4 Å². The van der Waals surface area contributed by atoms with Crippen molar-refractivity contribution in [3.63, 3.8) is 0 Å². The van der Waals surface area contributed by atoms with Crippen molar-refractivity contribution < 1.29 is 8.42 Å². The summed E-state index contributed by atoms with van der Waals surface area (Å²) in [4.78, 5) is 3.91. The van der Waals surface area contributed by atoms with Crippen molar-refractivity contribution in [3.05, 3.63) is 35.8 Å². The standard InChI is InChI=1S/C13H18N4O2S/c1-4-17-7-12(15-8-17)20(18,19)16-13-10(3)9(2)5-6-11(13)14/h5-8,16H,4,14H2,1-3H3. The first-order valence-corrected chi connectivity index (χ1v) is 7.73. The zero-order chi connectivity index (χ0) is 14.9. The van der Waals surface area contributed by atoms with E-state index in [4.69, 9.17) is 5.73 Å². The van der Waals surface area contributed by atoms with Crippen molar-refractivity contribution in [2.75, 3.05) is 10.5 Å². The average molecular weight is 294 g/mol. The van der Waals surface area contributed by atoms with E-state index in [0.717, 1.165) is 11.1 Å². The van der Waals surface area contributed by atoms with Crippen molar-refractivity contribution in [2.24, 2.45) is 0 Å². The molecule has 1 aromatic heterocycles. The second-order valence-corrected chi connectivity index (χ2v) is 6.25. The second-order valence-electron chi connectivity index (χ2n) is 4.62. The lowest BCUT2D eigenvalue weighted by Crippen LogP contribution is -2.16. The Bertz CT molecular complexity index is 735. The predicted octanol–water partition coefficient (Wildman–Crippen LogP) is 1.90. The van der Waals surface area contributed by atoms with E-state index in [-0.39, 0.29) is 5.03 Å². The first kappa shape index (κ1) is 14.4. The van der Waals surface area contributed by atoms with Crippen molar-refractivity contribution in [2.45, 2.75) is 32.3 Å². The van der Waals surface area contributed by atoms with E-state index in [9.17, 15) is 8.42 Å². The number of benzene rings is 1. The first-order valence-electron chi connectivity index (χ1n) is 6.25. The molecule has 0 saturated carbocycles. The summed E-state index contributed by atoms with van der Waals surface area (Å²) < 4.78 is 28.8. The number of aryl methyl sites for hydroxylation is 2. The molecule has 0 aliphatic heterocycles. The van der Waals surface area contributed by atoms with Crippen LogP contribution in [0.5, 0.6) is 0 Å². The number of hydrogen-bond acceptors (Lipinski definition) is 4. The molecule has 20 heavy (non-hydrogen) atoms. The van der Waals surface area contributed by atoms with Crippen LogP contribution in [0.3, 0.4) is 0 Å². The van der Waals surface area contributed by atoms with Crippen LogP contribution in [0.4, 0.5) is 11.4 Å². The molecule has 0 spiro atoms. The molecule has 3 N–H and O–H groups in total. The van der Waals surface area contributed by atoms with Crippen molar-refractivity contribution in [3.8, 4) is 0 Å². The van der Waals surface area contributed by atoms with E-state index in [2.05, 4.69) is 9.71 Å². The highest BCUT2D eigenvalue weighted by molar-refractivity contribution is 7.92. The lowest BCUT2D eigenvalue weighted by atomic mass is 10.1. The van der Waals surface area contributed by atoms with Gasteiger partial charge in [-0.05, 0) is 38.0 Å². The van der Waals surface area contributed by atoms with Crippen LogP contribution in [0.1, 0.15) is 18.1 Å². The van der Waals surface area contributed by atoms with Gasteiger partial charge in [0.2, 0.25) is 0 Å². The number of nitrogens with zero attached hydrogens (tertiary/aromatic N) is 2. The van der Waals surface area contributed by atoms with E-state index in [1.165, 1.54) is 12.5 Å². The lowest BCUT2D eigenvalue weighted by Gasteiger charge is -2.13. The number of hydrogen-bond donors (Lipinski definition) is 2. The Morgan fingerprint density at radius 3 is 2.65 bits per heavy atom. The molecule has 0 fully saturated rings. The number of nitrogens with one attached hydrogen (secondary N) is 1. The highest BCUT2D eigenvalue weighted by Crippen LogP contribution is 2.28. The molecule has 0 aliphatic carbocycles. The predicted molar refractivity (Wildman–Crippen MR) is 79.0 cm³/mol. The van der Waals surface area contributed by atoms with Crippen LogP contribution in [-0.4, -0.2) is 18.0 Å². The number of anilines is 2. The maximum Gasteiger partial charge on any atom is 0.281 e. The third-order valence-corrected chi connectivity index (χ3v) is 4.49. The minimum atomic E-state index is -3.73. The number of nitrogen functional groups attached to an aromatic ring is 1. The Morgan fingerprint density at radius 2 is 2.05 bits per heavy atom. The van der Waals surface area contributed by atoms with Gasteiger partial charge in [-0.3, -0.25) is 4.72 Å². The largest absolute Gasteiger partial charge is 0.397 e. The fourth-order valence-corrected chi connectivity index (χ4v) is 2.91. The highest BCUT2D eigenvalue weighted by Gasteiger charge is 2.20. The minimum Gasteiger partial charge on any atom is -0.397 e.